The van der Waals surface area contributed by atoms with Crippen molar-refractivity contribution in [3.8, 4) is 0 Å². The Labute approximate surface area is 318 Å². The number of rotatable bonds is 24. The van der Waals surface area contributed by atoms with E-state index in [4.69, 9.17) is 5.73 Å². The van der Waals surface area contributed by atoms with Crippen LogP contribution >= 0.6 is 0 Å². The Kier molecular flexibility index (Phi) is 18.9. The van der Waals surface area contributed by atoms with Crippen molar-refractivity contribution in [2.45, 2.75) is 162 Å². The van der Waals surface area contributed by atoms with Crippen molar-refractivity contribution >= 4 is 35.1 Å². The number of hydrazine groups is 1. The number of nitrogens with two attached hydrogens (primary N) is 1. The van der Waals surface area contributed by atoms with E-state index >= 15 is 0 Å². The number of benzene rings is 1. The second kappa shape index (κ2) is 22.0. The average molecular weight is 743 g/mol. The summed E-state index contributed by atoms with van der Waals surface area (Å²) in [5.74, 6) is -0.484. The highest BCUT2D eigenvalue weighted by Gasteiger charge is 2.42. The van der Waals surface area contributed by atoms with Crippen LogP contribution in [0.3, 0.4) is 0 Å². The highest BCUT2D eigenvalue weighted by Crippen LogP contribution is 2.32. The summed E-state index contributed by atoms with van der Waals surface area (Å²) >= 11 is 0. The van der Waals surface area contributed by atoms with E-state index in [-0.39, 0.29) is 53.7 Å². The highest BCUT2D eigenvalue weighted by molar-refractivity contribution is 5.95. The van der Waals surface area contributed by atoms with Gasteiger partial charge in [-0.25, -0.2) is 10.2 Å². The van der Waals surface area contributed by atoms with Crippen molar-refractivity contribution in [2.75, 3.05) is 25.1 Å². The molecule has 1 aliphatic carbocycles. The van der Waals surface area contributed by atoms with Gasteiger partial charge < -0.3 is 32.4 Å². The minimum Gasteiger partial charge on any atom is -0.355 e. The topological polar surface area (TPSA) is 196 Å². The summed E-state index contributed by atoms with van der Waals surface area (Å²) in [5.41, 5.74) is 12.4. The van der Waals surface area contributed by atoms with Crippen LogP contribution in [-0.2, 0) is 25.6 Å². The number of anilines is 1. The Balaban J connectivity index is 2.16. The van der Waals surface area contributed by atoms with E-state index in [0.29, 0.717) is 45.2 Å². The first-order valence-electron chi connectivity index (χ1n) is 19.6. The molecule has 1 fully saturated rings. The van der Waals surface area contributed by atoms with Gasteiger partial charge in [0.05, 0.1) is 30.1 Å². The standard InChI is InChI=1S/C40H70N8O5/c1-9-10-11-15-32(48-47-30-19-17-29(18-20-30)26-34(50)43-27-38(3,4)5)35(51)31(16-14-24-42-37(41)53)45-36(52)28(2)46-40(22-12-13-23-40)33(49)21-25-44-39(6,7)8/h17-20,28,31-32,44,46-48H,9-16,21-27H2,1-8H3,(H,43,50)(H,45,52)(H3,41,42,53)/t28-,31-,32?/m0/s1. The molecule has 13 heteroatoms. The van der Waals surface area contributed by atoms with Crippen LogP contribution in [0.1, 0.15) is 132 Å². The van der Waals surface area contributed by atoms with E-state index in [1.807, 2.05) is 24.3 Å². The quantitative estimate of drug-likeness (QED) is 0.0560. The molecule has 0 saturated heterocycles. The summed E-state index contributed by atoms with van der Waals surface area (Å²) in [6, 6.07) is 4.62. The minimum atomic E-state index is -0.845. The molecular formula is C40H70N8O5. The van der Waals surface area contributed by atoms with E-state index in [0.717, 1.165) is 43.4 Å². The predicted octanol–water partition coefficient (Wildman–Crippen LogP) is 4.40. The van der Waals surface area contributed by atoms with E-state index in [9.17, 15) is 24.0 Å². The fourth-order valence-electron chi connectivity index (χ4n) is 6.47. The molecule has 1 aromatic carbocycles. The Morgan fingerprint density at radius 3 is 2.08 bits per heavy atom. The molecule has 4 amide bonds. The van der Waals surface area contributed by atoms with Crippen molar-refractivity contribution in [3.63, 3.8) is 0 Å². The van der Waals surface area contributed by atoms with E-state index in [1.165, 1.54) is 0 Å². The molecule has 3 atom stereocenters. The molecule has 0 bridgehead atoms. The zero-order chi connectivity index (χ0) is 39.7. The Morgan fingerprint density at radius 1 is 0.849 bits per heavy atom. The molecule has 0 aliphatic heterocycles. The maximum atomic E-state index is 14.2. The summed E-state index contributed by atoms with van der Waals surface area (Å²) in [4.78, 5) is 65.2. The number of hydrogen-bond acceptors (Lipinski definition) is 9. The van der Waals surface area contributed by atoms with Crippen LogP contribution in [0, 0.1) is 5.41 Å². The number of hydrogen-bond donors (Lipinski definition) is 8. The summed E-state index contributed by atoms with van der Waals surface area (Å²) < 4.78 is 0. The first kappa shape index (κ1) is 45.6. The van der Waals surface area contributed by atoms with E-state index in [1.54, 1.807) is 6.92 Å². The summed E-state index contributed by atoms with van der Waals surface area (Å²) in [5, 5.41) is 15.3. The number of ketones is 2. The molecule has 0 aromatic heterocycles. The van der Waals surface area contributed by atoms with Crippen LogP contribution < -0.4 is 43.2 Å². The van der Waals surface area contributed by atoms with Crippen molar-refractivity contribution in [1.82, 2.24) is 32.0 Å². The first-order valence-corrected chi connectivity index (χ1v) is 19.6. The van der Waals surface area contributed by atoms with Gasteiger partial charge in [-0.05, 0) is 82.9 Å². The third-order valence-corrected chi connectivity index (χ3v) is 9.48. The summed E-state index contributed by atoms with van der Waals surface area (Å²) in [6.07, 6.45) is 7.76. The highest BCUT2D eigenvalue weighted by atomic mass is 16.2. The normalized spacial score (nSPS) is 15.9. The molecule has 9 N–H and O–H groups in total. The minimum absolute atomic E-state index is 0.0000386. The van der Waals surface area contributed by atoms with Crippen LogP contribution in [0.4, 0.5) is 10.5 Å². The number of carbonyl (C=O) groups excluding carboxylic acids is 5. The second-order valence-electron chi connectivity index (χ2n) is 16.9. The monoisotopic (exact) mass is 743 g/mol. The van der Waals surface area contributed by atoms with Gasteiger partial charge in [-0.15, -0.1) is 0 Å². The molecular weight excluding hydrogens is 672 g/mol. The van der Waals surface area contributed by atoms with Crippen molar-refractivity contribution < 1.29 is 24.0 Å². The smallest absolute Gasteiger partial charge is 0.312 e. The van der Waals surface area contributed by atoms with Gasteiger partial charge in [0.2, 0.25) is 11.8 Å². The molecule has 1 aromatic rings. The molecule has 1 unspecified atom stereocenters. The maximum absolute atomic E-state index is 14.2. The number of amides is 4. The molecule has 0 spiro atoms. The Hall–Kier alpha value is -3.55. The van der Waals surface area contributed by atoms with Crippen molar-refractivity contribution in [2.24, 2.45) is 11.1 Å². The lowest BCUT2D eigenvalue weighted by Crippen LogP contribution is -2.60. The molecule has 1 aliphatic rings. The third kappa shape index (κ3) is 17.9. The Bertz CT molecular complexity index is 1320. The summed E-state index contributed by atoms with van der Waals surface area (Å²) in [7, 11) is 0. The number of urea groups is 1. The fourth-order valence-corrected chi connectivity index (χ4v) is 6.47. The van der Waals surface area contributed by atoms with Gasteiger partial charge in [0.25, 0.3) is 0 Å². The number of primary amides is 1. The molecule has 53 heavy (non-hydrogen) atoms. The number of carbonyl (C=O) groups is 5. The second-order valence-corrected chi connectivity index (χ2v) is 16.9. The number of nitrogens with one attached hydrogen (secondary N) is 7. The molecule has 2 rings (SSSR count). The van der Waals surface area contributed by atoms with E-state index < -0.39 is 29.7 Å². The molecule has 300 valence electrons. The lowest BCUT2D eigenvalue weighted by atomic mass is 9.88. The van der Waals surface area contributed by atoms with Gasteiger partial charge in [-0.3, -0.25) is 24.5 Å². The average Bonchev–Trinajstić information content (AvgIpc) is 3.55. The zero-order valence-electron chi connectivity index (χ0n) is 33.8. The zero-order valence-corrected chi connectivity index (χ0v) is 33.8. The lowest BCUT2D eigenvalue weighted by Gasteiger charge is -2.33. The largest absolute Gasteiger partial charge is 0.355 e. The fraction of sp³-hybridized carbons (Fsp3) is 0.725. The lowest BCUT2D eigenvalue weighted by molar-refractivity contribution is -0.131. The Morgan fingerprint density at radius 2 is 1.49 bits per heavy atom. The van der Waals surface area contributed by atoms with Gasteiger partial charge in [0.15, 0.2) is 11.6 Å². The van der Waals surface area contributed by atoms with Crippen molar-refractivity contribution in [1.29, 1.82) is 0 Å². The van der Waals surface area contributed by atoms with Gasteiger partial charge in [0.1, 0.15) is 0 Å². The first-order chi connectivity index (χ1) is 24.8. The van der Waals surface area contributed by atoms with E-state index in [2.05, 4.69) is 85.9 Å². The molecule has 0 radical (unpaired) electrons. The van der Waals surface area contributed by atoms with Crippen LogP contribution in [0.5, 0.6) is 0 Å². The van der Waals surface area contributed by atoms with Crippen LogP contribution in [0.25, 0.3) is 0 Å². The van der Waals surface area contributed by atoms with Gasteiger partial charge >= 0.3 is 6.03 Å². The maximum Gasteiger partial charge on any atom is 0.312 e. The van der Waals surface area contributed by atoms with Crippen LogP contribution in [0.15, 0.2) is 24.3 Å². The van der Waals surface area contributed by atoms with Gasteiger partial charge in [0, 0.05) is 37.3 Å². The molecule has 1 saturated carbocycles. The van der Waals surface area contributed by atoms with Crippen LogP contribution in [-0.4, -0.2) is 78.2 Å². The SMILES string of the molecule is CCCCCC(NNc1ccc(CC(=O)NCC(C)(C)C)cc1)C(=O)[C@H](CCCNC(N)=O)NC(=O)[C@H](C)NC1(C(=O)CCNC(C)(C)C)CCCC1. The van der Waals surface area contributed by atoms with Gasteiger partial charge in [-0.2, -0.15) is 0 Å². The number of unbranched alkanes of at least 4 members (excludes halogenated alkanes) is 2. The number of Topliss-reactive ketones (excluding diaryl/α,β-unsaturated/α-hetero) is 2. The third-order valence-electron chi connectivity index (χ3n) is 9.48. The predicted molar refractivity (Wildman–Crippen MR) is 212 cm³/mol. The molecule has 0 heterocycles. The van der Waals surface area contributed by atoms with Crippen molar-refractivity contribution in [3.05, 3.63) is 29.8 Å². The summed E-state index contributed by atoms with van der Waals surface area (Å²) in [6.45, 7) is 17.6. The molecule has 13 nitrogen and oxygen atoms in total. The van der Waals surface area contributed by atoms with Gasteiger partial charge in [-0.1, -0.05) is 71.9 Å². The van der Waals surface area contributed by atoms with Crippen LogP contribution in [0.2, 0.25) is 0 Å².